The fourth-order valence-corrected chi connectivity index (χ4v) is 3.10. The Labute approximate surface area is 148 Å². The van der Waals surface area contributed by atoms with Gasteiger partial charge < -0.3 is 20.4 Å². The third-order valence-electron chi connectivity index (χ3n) is 4.57. The largest absolute Gasteiger partial charge is 0.395 e. The molecule has 0 amide bonds. The van der Waals surface area contributed by atoms with Crippen LogP contribution in [-0.2, 0) is 19.4 Å². The first-order chi connectivity index (χ1) is 12.1. The second kappa shape index (κ2) is 7.80. The van der Waals surface area contributed by atoms with Crippen LogP contribution >= 0.6 is 0 Å². The summed E-state index contributed by atoms with van der Waals surface area (Å²) in [4.78, 5) is 11.3. The van der Waals surface area contributed by atoms with E-state index >= 15 is 0 Å². The van der Waals surface area contributed by atoms with Crippen molar-refractivity contribution in [2.45, 2.75) is 39.3 Å². The highest BCUT2D eigenvalue weighted by atomic mass is 16.3. The van der Waals surface area contributed by atoms with Crippen LogP contribution in [0, 0.1) is 0 Å². The molecule has 134 valence electrons. The maximum atomic E-state index is 9.76. The molecule has 0 aliphatic carbocycles. The SMILES string of the molecule is CCc1cc(N2CCc3cc([C@H](C)O)ccc3C2)nc(NCCO)n1. The van der Waals surface area contributed by atoms with E-state index in [4.69, 9.17) is 5.11 Å². The predicted molar refractivity (Wildman–Crippen MR) is 98.8 cm³/mol. The number of aryl methyl sites for hydroxylation is 1. The van der Waals surface area contributed by atoms with Gasteiger partial charge in [0.25, 0.3) is 0 Å². The van der Waals surface area contributed by atoms with Gasteiger partial charge in [0, 0.05) is 31.4 Å². The van der Waals surface area contributed by atoms with E-state index in [-0.39, 0.29) is 6.61 Å². The number of nitrogens with zero attached hydrogens (tertiary/aromatic N) is 3. The molecule has 2 heterocycles. The quantitative estimate of drug-likeness (QED) is 0.745. The summed E-state index contributed by atoms with van der Waals surface area (Å²) in [6.45, 7) is 6.05. The molecular weight excluding hydrogens is 316 g/mol. The second-order valence-electron chi connectivity index (χ2n) is 6.42. The van der Waals surface area contributed by atoms with Gasteiger partial charge in [0.1, 0.15) is 5.82 Å². The van der Waals surface area contributed by atoms with Gasteiger partial charge in [-0.2, -0.15) is 4.98 Å². The van der Waals surface area contributed by atoms with E-state index in [1.807, 2.05) is 12.1 Å². The molecule has 0 saturated heterocycles. The molecule has 1 atom stereocenters. The molecule has 0 unspecified atom stereocenters. The summed E-state index contributed by atoms with van der Waals surface area (Å²) in [5, 5.41) is 21.8. The molecule has 6 heteroatoms. The first-order valence-corrected chi connectivity index (χ1v) is 8.88. The molecular formula is C19H26N4O2. The molecule has 1 aliphatic heterocycles. The fourth-order valence-electron chi connectivity index (χ4n) is 3.10. The van der Waals surface area contributed by atoms with Crippen LogP contribution in [0.15, 0.2) is 24.3 Å². The van der Waals surface area contributed by atoms with E-state index in [2.05, 4.69) is 39.2 Å². The minimum Gasteiger partial charge on any atom is -0.395 e. The molecule has 6 nitrogen and oxygen atoms in total. The Morgan fingerprint density at radius 3 is 2.80 bits per heavy atom. The molecule has 0 bridgehead atoms. The van der Waals surface area contributed by atoms with Crippen LogP contribution in [0.25, 0.3) is 0 Å². The lowest BCUT2D eigenvalue weighted by molar-refractivity contribution is 0.199. The van der Waals surface area contributed by atoms with Crippen LogP contribution in [0.1, 0.15) is 42.3 Å². The van der Waals surface area contributed by atoms with Crippen LogP contribution < -0.4 is 10.2 Å². The summed E-state index contributed by atoms with van der Waals surface area (Å²) in [7, 11) is 0. The number of benzene rings is 1. The lowest BCUT2D eigenvalue weighted by Gasteiger charge is -2.30. The topological polar surface area (TPSA) is 81.5 Å². The van der Waals surface area contributed by atoms with Crippen LogP contribution in [0.5, 0.6) is 0 Å². The van der Waals surface area contributed by atoms with Crippen molar-refractivity contribution in [3.05, 3.63) is 46.6 Å². The molecule has 1 aliphatic rings. The Hall–Kier alpha value is -2.18. The summed E-state index contributed by atoms with van der Waals surface area (Å²) in [5.74, 6) is 1.48. The van der Waals surface area contributed by atoms with Crippen LogP contribution in [0.4, 0.5) is 11.8 Å². The summed E-state index contributed by atoms with van der Waals surface area (Å²) in [6, 6.07) is 8.26. The minimum atomic E-state index is -0.433. The number of anilines is 2. The molecule has 0 saturated carbocycles. The monoisotopic (exact) mass is 342 g/mol. The van der Waals surface area contributed by atoms with Crippen molar-refractivity contribution in [2.75, 3.05) is 29.9 Å². The van der Waals surface area contributed by atoms with Gasteiger partial charge in [-0.3, -0.25) is 0 Å². The Balaban J connectivity index is 1.83. The Morgan fingerprint density at radius 2 is 2.08 bits per heavy atom. The predicted octanol–water partition coefficient (Wildman–Crippen LogP) is 2.06. The maximum absolute atomic E-state index is 9.76. The number of aromatic nitrogens is 2. The van der Waals surface area contributed by atoms with Crippen LogP contribution in [0.2, 0.25) is 0 Å². The van der Waals surface area contributed by atoms with Gasteiger partial charge in [0.15, 0.2) is 0 Å². The average molecular weight is 342 g/mol. The zero-order chi connectivity index (χ0) is 17.8. The summed E-state index contributed by atoms with van der Waals surface area (Å²) < 4.78 is 0. The van der Waals surface area contributed by atoms with Crippen molar-refractivity contribution >= 4 is 11.8 Å². The van der Waals surface area contributed by atoms with Crippen molar-refractivity contribution < 1.29 is 10.2 Å². The van der Waals surface area contributed by atoms with Gasteiger partial charge in [-0.05, 0) is 36.5 Å². The first kappa shape index (κ1) is 17.6. The van der Waals surface area contributed by atoms with Gasteiger partial charge >= 0.3 is 0 Å². The molecule has 0 fully saturated rings. The Morgan fingerprint density at radius 1 is 1.24 bits per heavy atom. The molecule has 1 aromatic heterocycles. The van der Waals surface area contributed by atoms with E-state index in [0.717, 1.165) is 43.0 Å². The number of hydrogen-bond donors (Lipinski definition) is 3. The normalized spacial score (nSPS) is 15.0. The van der Waals surface area contributed by atoms with Gasteiger partial charge in [0.2, 0.25) is 5.95 Å². The molecule has 2 aromatic rings. The van der Waals surface area contributed by atoms with Gasteiger partial charge in [0.05, 0.1) is 12.7 Å². The third-order valence-corrected chi connectivity index (χ3v) is 4.57. The zero-order valence-electron chi connectivity index (χ0n) is 14.9. The van der Waals surface area contributed by atoms with Gasteiger partial charge in [-0.15, -0.1) is 0 Å². The summed E-state index contributed by atoms with van der Waals surface area (Å²) >= 11 is 0. The Bertz CT molecular complexity index is 733. The van der Waals surface area contributed by atoms with E-state index in [1.54, 1.807) is 6.92 Å². The van der Waals surface area contributed by atoms with Crippen LogP contribution in [0.3, 0.4) is 0 Å². The van der Waals surface area contributed by atoms with E-state index < -0.39 is 6.10 Å². The molecule has 25 heavy (non-hydrogen) atoms. The average Bonchev–Trinajstić information content (AvgIpc) is 2.65. The molecule has 3 N–H and O–H groups in total. The van der Waals surface area contributed by atoms with Crippen LogP contribution in [-0.4, -0.2) is 39.9 Å². The third kappa shape index (κ3) is 4.08. The maximum Gasteiger partial charge on any atom is 0.224 e. The van der Waals surface area contributed by atoms with Crippen molar-refractivity contribution in [3.63, 3.8) is 0 Å². The van der Waals surface area contributed by atoms with E-state index in [9.17, 15) is 5.11 Å². The molecule has 1 aromatic carbocycles. The highest BCUT2D eigenvalue weighted by molar-refractivity contribution is 5.49. The number of hydrogen-bond acceptors (Lipinski definition) is 6. The Kier molecular flexibility index (Phi) is 5.50. The molecule has 0 spiro atoms. The fraction of sp³-hybridized carbons (Fsp3) is 0.474. The number of rotatable bonds is 6. The van der Waals surface area contributed by atoms with Crippen molar-refractivity contribution in [3.8, 4) is 0 Å². The van der Waals surface area contributed by atoms with Crippen molar-refractivity contribution in [2.24, 2.45) is 0 Å². The second-order valence-corrected chi connectivity index (χ2v) is 6.42. The lowest BCUT2D eigenvalue weighted by Crippen LogP contribution is -2.31. The van der Waals surface area contributed by atoms with Crippen molar-refractivity contribution in [1.29, 1.82) is 0 Å². The van der Waals surface area contributed by atoms with E-state index in [1.165, 1.54) is 11.1 Å². The molecule has 0 radical (unpaired) electrons. The number of aliphatic hydroxyl groups excluding tert-OH is 2. The highest BCUT2D eigenvalue weighted by Gasteiger charge is 2.19. The van der Waals surface area contributed by atoms with E-state index in [0.29, 0.717) is 12.5 Å². The number of fused-ring (bicyclic) bond motifs is 1. The number of aliphatic hydroxyl groups is 2. The van der Waals surface area contributed by atoms with Gasteiger partial charge in [-0.1, -0.05) is 25.1 Å². The zero-order valence-corrected chi connectivity index (χ0v) is 14.9. The minimum absolute atomic E-state index is 0.0533. The summed E-state index contributed by atoms with van der Waals surface area (Å²) in [6.07, 6.45) is 1.34. The first-order valence-electron chi connectivity index (χ1n) is 8.88. The smallest absolute Gasteiger partial charge is 0.224 e. The van der Waals surface area contributed by atoms with Gasteiger partial charge in [-0.25, -0.2) is 4.98 Å². The lowest BCUT2D eigenvalue weighted by atomic mass is 9.96. The summed E-state index contributed by atoms with van der Waals surface area (Å²) in [5.41, 5.74) is 4.54. The number of nitrogens with one attached hydrogen (secondary N) is 1. The highest BCUT2D eigenvalue weighted by Crippen LogP contribution is 2.26. The standard InChI is InChI=1S/C19H26N4O2/c1-3-17-11-18(22-19(21-17)20-7-9-24)23-8-6-15-10-14(13(2)25)4-5-16(15)12-23/h4-5,10-11,13,24-25H,3,6-9,12H2,1-2H3,(H,20,21,22)/t13-/m0/s1. The molecule has 3 rings (SSSR count). The van der Waals surface area contributed by atoms with Crippen molar-refractivity contribution in [1.82, 2.24) is 9.97 Å².